The molecule has 13 aromatic rings. The summed E-state index contributed by atoms with van der Waals surface area (Å²) in [6.45, 7) is 10.0. The van der Waals surface area contributed by atoms with Gasteiger partial charge in [-0.15, -0.1) is 0 Å². The van der Waals surface area contributed by atoms with E-state index in [4.69, 9.17) is 0 Å². The summed E-state index contributed by atoms with van der Waals surface area (Å²) < 4.78 is 116. The molecule has 36 heteroatoms. The van der Waals surface area contributed by atoms with Gasteiger partial charge in [0.15, 0.2) is 0 Å². The first kappa shape index (κ1) is 72.5. The van der Waals surface area contributed by atoms with Crippen molar-refractivity contribution < 1.29 is 103 Å². The Morgan fingerprint density at radius 3 is 1.07 bits per heavy atom. The molecule has 478 valence electrons. The zero-order valence-corrected chi connectivity index (χ0v) is 54.5. The van der Waals surface area contributed by atoms with E-state index in [9.17, 15) is 39.5 Å². The third-order valence-electron chi connectivity index (χ3n) is 11.4. The summed E-state index contributed by atoms with van der Waals surface area (Å²) in [5.74, 6) is 2.56. The van der Waals surface area contributed by atoms with Crippen molar-refractivity contribution in [3.8, 4) is 74.4 Å². The Bertz CT molecular complexity index is 3980. The number of aryl methyl sites for hydroxylation is 4. The normalized spacial score (nSPS) is 10.9. The maximum Gasteiger partial charge on any atom is 2.00 e. The van der Waals surface area contributed by atoms with Crippen molar-refractivity contribution in [3.63, 3.8) is 0 Å². The summed E-state index contributed by atoms with van der Waals surface area (Å²) in [6.07, 6.45) is 5.63. The van der Waals surface area contributed by atoms with Gasteiger partial charge in [0.1, 0.15) is 53.5 Å². The third-order valence-corrected chi connectivity index (χ3v) is 11.4. The molecule has 1 aromatic carbocycles. The predicted molar refractivity (Wildman–Crippen MR) is 294 cm³/mol. The molecule has 0 N–H and O–H groups in total. The van der Waals surface area contributed by atoms with E-state index >= 15 is 0 Å². The molecule has 0 bridgehead atoms. The monoisotopic (exact) mass is 1800 g/mol. The number of hydrogen-bond donors (Lipinski definition) is 0. The first-order valence-electron chi connectivity index (χ1n) is 25.5. The molecule has 12 aromatic heterocycles. The van der Waals surface area contributed by atoms with Gasteiger partial charge in [0.2, 0.25) is 0 Å². The minimum atomic E-state index is -4.47. The van der Waals surface area contributed by atoms with E-state index in [2.05, 4.69) is 124 Å². The van der Waals surface area contributed by atoms with Gasteiger partial charge < -0.3 is 74.9 Å². The molecule has 0 saturated carbocycles. The fourth-order valence-electron chi connectivity index (χ4n) is 7.33. The van der Waals surface area contributed by atoms with E-state index < -0.39 is 35.6 Å². The van der Waals surface area contributed by atoms with Gasteiger partial charge in [-0.3, -0.25) is 0 Å². The Balaban J connectivity index is 0.000000198. The van der Waals surface area contributed by atoms with Crippen molar-refractivity contribution in [2.45, 2.75) is 59.2 Å². The second-order valence-corrected chi connectivity index (χ2v) is 18.3. The Hall–Kier alpha value is -9.22. The fourth-order valence-corrected chi connectivity index (χ4v) is 7.33. The number of halogens is 9. The van der Waals surface area contributed by atoms with E-state index in [1.54, 1.807) is 18.6 Å². The van der Waals surface area contributed by atoms with Gasteiger partial charge >= 0.3 is 81.7 Å². The molecule has 0 radical (unpaired) electrons. The van der Waals surface area contributed by atoms with Crippen LogP contribution in [0.4, 0.5) is 39.5 Å². The molecule has 0 unspecified atom stereocenters. The van der Waals surface area contributed by atoms with Crippen molar-refractivity contribution >= 4 is 0 Å². The quantitative estimate of drug-likeness (QED) is 0.128. The Morgan fingerprint density at radius 1 is 0.385 bits per heavy atom. The number of rotatable bonds is 8. The van der Waals surface area contributed by atoms with E-state index in [0.29, 0.717) is 23.1 Å². The van der Waals surface area contributed by atoms with Crippen LogP contribution in [0.3, 0.4) is 0 Å². The second kappa shape index (κ2) is 33.0. The molecule has 0 aliphatic carbocycles. The molecule has 0 saturated heterocycles. The molecule has 0 amide bonds. The summed E-state index contributed by atoms with van der Waals surface area (Å²) >= 11 is 0. The standard InChI is InChI=1S/C13H11N4.C10H13N4.3C8H4F3N4.C8H9N4.3Pt/c1-10-9-12(16-15-10)13-14-7-8-17(13)11-5-3-2-4-6-11;1-7(2)14-5-4-11-10(14)9-6-8(3)12-13-9;3*9-8(10,11)7-3-6(14-15-7)5-1-2-12-4-13-5;1-6-5-7(11-10-6)8-9-3-4-12(8)2;;;/h2-9H,1H3;4-7H,1-3H3;3*1-4H;3-5H,1-2H3;;;/q6*-1;3*+2. The topological polar surface area (TPSA) is 293 Å². The van der Waals surface area contributed by atoms with Crippen LogP contribution in [0.2, 0.25) is 0 Å². The Labute approximate surface area is 553 Å². The molecular weight excluding hydrogens is 1750 g/mol. The van der Waals surface area contributed by atoms with Crippen molar-refractivity contribution in [3.05, 3.63) is 194 Å². The molecule has 0 aliphatic rings. The van der Waals surface area contributed by atoms with Crippen molar-refractivity contribution in [1.29, 1.82) is 0 Å². The van der Waals surface area contributed by atoms with Gasteiger partial charge in [0.25, 0.3) is 0 Å². The predicted octanol–water partition coefficient (Wildman–Crippen LogP) is 9.28. The second-order valence-electron chi connectivity index (χ2n) is 18.3. The van der Waals surface area contributed by atoms with Gasteiger partial charge in [0, 0.05) is 91.6 Å². The van der Waals surface area contributed by atoms with Gasteiger partial charge in [-0.2, -0.15) is 39.5 Å². The van der Waals surface area contributed by atoms with Crippen LogP contribution in [0.15, 0.2) is 160 Å². The number of imidazole rings is 3. The SMILES string of the molecule is Cc1cc(-c2nccn2-c2ccccc2)[n-]n1.Cc1cc(-c2nccn2C(C)C)[n-]n1.Cc1cc(-c2nccn2C)[n-]n1.FC(F)(F)c1cc(-c2ccncn2)[n-]n1.FC(F)(F)c1cc(-c2ccncn2)[n-]n1.FC(F)(F)c1cc(-c2ccncn2)[n-]n1.[Pt+2].[Pt+2].[Pt+2]. The molecule has 0 fully saturated rings. The van der Waals surface area contributed by atoms with Crippen LogP contribution in [0.1, 0.15) is 54.1 Å². The first-order chi connectivity index (χ1) is 42.0. The van der Waals surface area contributed by atoms with Gasteiger partial charge in [-0.05, 0) is 83.1 Å². The number of para-hydroxylation sites is 1. The first-order valence-corrected chi connectivity index (χ1v) is 25.5. The Morgan fingerprint density at radius 2 is 0.736 bits per heavy atom. The van der Waals surface area contributed by atoms with Crippen LogP contribution in [0.25, 0.3) is 74.4 Å². The van der Waals surface area contributed by atoms with E-state index in [0.717, 1.165) is 75.5 Å². The van der Waals surface area contributed by atoms with Crippen LogP contribution in [0, 0.1) is 20.8 Å². The molecule has 0 atom stereocenters. The van der Waals surface area contributed by atoms with E-state index in [-0.39, 0.29) is 80.3 Å². The average Bonchev–Trinajstić information content (AvgIpc) is 4.29. The minimum Gasteiger partial charge on any atom is -0.573 e. The summed E-state index contributed by atoms with van der Waals surface area (Å²) in [6, 6.07) is 23.2. The Kier molecular flexibility index (Phi) is 26.3. The summed E-state index contributed by atoms with van der Waals surface area (Å²) in [5, 5.41) is 43.3. The summed E-state index contributed by atoms with van der Waals surface area (Å²) in [5.41, 5.74) is 4.46. The van der Waals surface area contributed by atoms with Crippen molar-refractivity contribution in [2.75, 3.05) is 0 Å². The van der Waals surface area contributed by atoms with Gasteiger partial charge in [-0.1, -0.05) is 70.6 Å². The molecule has 91 heavy (non-hydrogen) atoms. The molecular formula is C55H45F9N24Pt3. The summed E-state index contributed by atoms with van der Waals surface area (Å²) in [7, 11) is 1.94. The third kappa shape index (κ3) is 20.4. The number of aromatic nitrogens is 24. The number of nitrogens with zero attached hydrogens (tertiary/aromatic N) is 24. The van der Waals surface area contributed by atoms with E-state index in [1.807, 2.05) is 104 Å². The molecule has 0 spiro atoms. The van der Waals surface area contributed by atoms with E-state index in [1.165, 1.54) is 55.8 Å². The van der Waals surface area contributed by atoms with Gasteiger partial charge in [-0.25, -0.2) is 44.9 Å². The van der Waals surface area contributed by atoms with Crippen LogP contribution < -0.4 is 30.6 Å². The van der Waals surface area contributed by atoms with Crippen LogP contribution in [-0.2, 0) is 88.8 Å². The van der Waals surface area contributed by atoms with Crippen LogP contribution >= 0.6 is 0 Å². The van der Waals surface area contributed by atoms with Gasteiger partial charge in [0.05, 0.1) is 17.1 Å². The van der Waals surface area contributed by atoms with Crippen molar-refractivity contribution in [2.24, 2.45) is 7.05 Å². The number of hydrogen-bond acceptors (Lipinski definition) is 15. The van der Waals surface area contributed by atoms with Crippen LogP contribution in [0.5, 0.6) is 0 Å². The minimum absolute atomic E-state index is 0. The molecule has 24 nitrogen and oxygen atoms in total. The van der Waals surface area contributed by atoms with Crippen molar-refractivity contribution in [1.82, 2.24) is 120 Å². The number of alkyl halides is 9. The maximum absolute atomic E-state index is 12.2. The smallest absolute Gasteiger partial charge is 0.573 e. The largest absolute Gasteiger partial charge is 2.00 e. The molecule has 0 aliphatic heterocycles. The number of benzene rings is 1. The summed E-state index contributed by atoms with van der Waals surface area (Å²) in [4.78, 5) is 35.0. The molecule has 13 rings (SSSR count). The average molecular weight is 1800 g/mol. The molecule has 12 heterocycles. The zero-order valence-electron chi connectivity index (χ0n) is 47.7. The van der Waals surface area contributed by atoms with Crippen LogP contribution in [-0.4, -0.2) is 89.1 Å². The fraction of sp³-hybridized carbons (Fsp3) is 0.182. The maximum atomic E-state index is 12.2. The zero-order chi connectivity index (χ0) is 63.0.